The van der Waals surface area contributed by atoms with Crippen LogP contribution in [0.25, 0.3) is 0 Å². The molecule has 0 amide bonds. The second-order valence-electron chi connectivity index (χ2n) is 4.53. The zero-order chi connectivity index (χ0) is 15.2. The second kappa shape index (κ2) is 7.48. The molecule has 1 N–H and O–H groups in total. The van der Waals surface area contributed by atoms with Crippen LogP contribution in [0.15, 0.2) is 46.9 Å². The zero-order valence-corrected chi connectivity index (χ0v) is 13.9. The SMILES string of the molecule is COC(=O)Cc1ccccc1CNc1cc(Cl)cc(Br)c1. The van der Waals surface area contributed by atoms with Gasteiger partial charge in [-0.05, 0) is 29.3 Å². The highest BCUT2D eigenvalue weighted by molar-refractivity contribution is 9.10. The van der Waals surface area contributed by atoms with Crippen molar-refractivity contribution in [1.82, 2.24) is 0 Å². The molecule has 5 heteroatoms. The number of carbonyl (C=O) groups excluding carboxylic acids is 1. The number of benzene rings is 2. The van der Waals surface area contributed by atoms with E-state index in [1.54, 1.807) is 0 Å². The fourth-order valence-electron chi connectivity index (χ4n) is 1.98. The van der Waals surface area contributed by atoms with Crippen molar-refractivity contribution in [2.75, 3.05) is 12.4 Å². The van der Waals surface area contributed by atoms with Crippen LogP contribution in [0.3, 0.4) is 0 Å². The fraction of sp³-hybridized carbons (Fsp3) is 0.188. The molecule has 0 bridgehead atoms. The first-order valence-electron chi connectivity index (χ1n) is 6.42. The van der Waals surface area contributed by atoms with E-state index in [2.05, 4.69) is 21.2 Å². The number of methoxy groups -OCH3 is 1. The van der Waals surface area contributed by atoms with E-state index in [1.165, 1.54) is 7.11 Å². The van der Waals surface area contributed by atoms with Crippen molar-refractivity contribution in [2.24, 2.45) is 0 Å². The third kappa shape index (κ3) is 4.76. The third-order valence-corrected chi connectivity index (χ3v) is 3.70. The molecule has 2 aromatic rings. The number of hydrogen-bond acceptors (Lipinski definition) is 3. The van der Waals surface area contributed by atoms with E-state index in [1.807, 2.05) is 42.5 Å². The normalized spacial score (nSPS) is 10.2. The van der Waals surface area contributed by atoms with E-state index < -0.39 is 0 Å². The summed E-state index contributed by atoms with van der Waals surface area (Å²) in [7, 11) is 1.40. The van der Waals surface area contributed by atoms with Crippen molar-refractivity contribution in [3.05, 3.63) is 63.1 Å². The average molecular weight is 369 g/mol. The van der Waals surface area contributed by atoms with Gasteiger partial charge in [-0.15, -0.1) is 0 Å². The highest BCUT2D eigenvalue weighted by Gasteiger charge is 2.07. The summed E-state index contributed by atoms with van der Waals surface area (Å²) < 4.78 is 5.64. The Morgan fingerprint density at radius 3 is 2.62 bits per heavy atom. The fourth-order valence-corrected chi connectivity index (χ4v) is 2.84. The molecule has 0 aliphatic rings. The molecule has 0 aliphatic carbocycles. The van der Waals surface area contributed by atoms with Gasteiger partial charge in [0, 0.05) is 21.7 Å². The van der Waals surface area contributed by atoms with E-state index >= 15 is 0 Å². The molecule has 0 heterocycles. The first-order valence-corrected chi connectivity index (χ1v) is 7.59. The summed E-state index contributed by atoms with van der Waals surface area (Å²) in [5.41, 5.74) is 2.93. The van der Waals surface area contributed by atoms with Crippen LogP contribution >= 0.6 is 27.5 Å². The van der Waals surface area contributed by atoms with Crippen LogP contribution in [0, 0.1) is 0 Å². The Hall–Kier alpha value is -1.52. The van der Waals surface area contributed by atoms with E-state index in [-0.39, 0.29) is 12.4 Å². The van der Waals surface area contributed by atoms with E-state index in [0.717, 1.165) is 21.3 Å². The van der Waals surface area contributed by atoms with Gasteiger partial charge in [-0.25, -0.2) is 0 Å². The highest BCUT2D eigenvalue weighted by atomic mass is 79.9. The standard InChI is InChI=1S/C16H15BrClNO2/c1-21-16(20)6-11-4-2-3-5-12(11)10-19-15-8-13(17)7-14(18)9-15/h2-5,7-9,19H,6,10H2,1H3. The molecule has 2 aromatic carbocycles. The van der Waals surface area contributed by atoms with Crippen molar-refractivity contribution < 1.29 is 9.53 Å². The van der Waals surface area contributed by atoms with Gasteiger partial charge in [0.05, 0.1) is 13.5 Å². The average Bonchev–Trinajstić information content (AvgIpc) is 2.45. The summed E-state index contributed by atoms with van der Waals surface area (Å²) >= 11 is 9.43. The third-order valence-electron chi connectivity index (χ3n) is 3.03. The molecule has 0 unspecified atom stereocenters. The minimum atomic E-state index is -0.243. The zero-order valence-electron chi connectivity index (χ0n) is 11.5. The summed E-state index contributed by atoms with van der Waals surface area (Å²) in [6.07, 6.45) is 0.271. The lowest BCUT2D eigenvalue weighted by atomic mass is 10.0. The Kier molecular flexibility index (Phi) is 5.65. The predicted molar refractivity (Wildman–Crippen MR) is 88.6 cm³/mol. The van der Waals surface area contributed by atoms with Gasteiger partial charge in [0.25, 0.3) is 0 Å². The maximum Gasteiger partial charge on any atom is 0.309 e. The van der Waals surface area contributed by atoms with E-state index in [4.69, 9.17) is 16.3 Å². The van der Waals surface area contributed by atoms with Crippen molar-refractivity contribution in [3.63, 3.8) is 0 Å². The van der Waals surface area contributed by atoms with Crippen molar-refractivity contribution in [1.29, 1.82) is 0 Å². The number of nitrogens with one attached hydrogen (secondary N) is 1. The van der Waals surface area contributed by atoms with Crippen molar-refractivity contribution in [2.45, 2.75) is 13.0 Å². The van der Waals surface area contributed by atoms with Crippen LogP contribution in [0.5, 0.6) is 0 Å². The molecule has 3 nitrogen and oxygen atoms in total. The Balaban J connectivity index is 2.10. The molecule has 0 spiro atoms. The Morgan fingerprint density at radius 1 is 1.24 bits per heavy atom. The van der Waals surface area contributed by atoms with E-state index in [0.29, 0.717) is 11.6 Å². The molecule has 21 heavy (non-hydrogen) atoms. The first-order chi connectivity index (χ1) is 10.1. The number of esters is 1. The summed E-state index contributed by atoms with van der Waals surface area (Å²) in [6, 6.07) is 13.4. The number of carbonyl (C=O) groups is 1. The molecule has 0 aromatic heterocycles. The quantitative estimate of drug-likeness (QED) is 0.793. The molecular formula is C16H15BrClNO2. The maximum atomic E-state index is 11.4. The number of rotatable bonds is 5. The van der Waals surface area contributed by atoms with Gasteiger partial charge in [-0.1, -0.05) is 51.8 Å². The molecule has 0 aliphatic heterocycles. The highest BCUT2D eigenvalue weighted by Crippen LogP contribution is 2.23. The molecule has 2 rings (SSSR count). The van der Waals surface area contributed by atoms with E-state index in [9.17, 15) is 4.79 Å². The topological polar surface area (TPSA) is 38.3 Å². The maximum absolute atomic E-state index is 11.4. The molecule has 0 radical (unpaired) electrons. The van der Waals surface area contributed by atoms with Crippen LogP contribution in [0.4, 0.5) is 5.69 Å². The largest absolute Gasteiger partial charge is 0.469 e. The van der Waals surface area contributed by atoms with Crippen LogP contribution in [-0.4, -0.2) is 13.1 Å². The minimum absolute atomic E-state index is 0.243. The van der Waals surface area contributed by atoms with Crippen molar-refractivity contribution in [3.8, 4) is 0 Å². The molecule has 0 atom stereocenters. The van der Waals surface area contributed by atoms with Crippen LogP contribution in [0.1, 0.15) is 11.1 Å². The summed E-state index contributed by atoms with van der Waals surface area (Å²) in [6.45, 7) is 0.611. The van der Waals surface area contributed by atoms with Crippen LogP contribution < -0.4 is 5.32 Å². The molecular weight excluding hydrogens is 354 g/mol. The van der Waals surface area contributed by atoms with Crippen LogP contribution in [-0.2, 0) is 22.5 Å². The predicted octanol–water partition coefficient (Wildman–Crippen LogP) is 4.43. The lowest BCUT2D eigenvalue weighted by Crippen LogP contribution is -2.09. The summed E-state index contributed by atoms with van der Waals surface area (Å²) in [5.74, 6) is -0.243. The Bertz CT molecular complexity index is 626. The summed E-state index contributed by atoms with van der Waals surface area (Å²) in [5, 5.41) is 3.97. The number of halogens is 2. The van der Waals surface area contributed by atoms with Crippen molar-refractivity contribution >= 4 is 39.2 Å². The lowest BCUT2D eigenvalue weighted by Gasteiger charge is -2.11. The van der Waals surface area contributed by atoms with Crippen LogP contribution in [0.2, 0.25) is 5.02 Å². The summed E-state index contributed by atoms with van der Waals surface area (Å²) in [4.78, 5) is 11.4. The first kappa shape index (κ1) is 15.9. The van der Waals surface area contributed by atoms with Gasteiger partial charge in [0.1, 0.15) is 0 Å². The van der Waals surface area contributed by atoms with Gasteiger partial charge in [-0.3, -0.25) is 4.79 Å². The molecule has 110 valence electrons. The molecule has 0 saturated heterocycles. The number of hydrogen-bond donors (Lipinski definition) is 1. The number of ether oxygens (including phenoxy) is 1. The number of anilines is 1. The molecule has 0 fully saturated rings. The Labute approximate surface area is 137 Å². The van der Waals surface area contributed by atoms with Gasteiger partial charge < -0.3 is 10.1 Å². The Morgan fingerprint density at radius 2 is 1.95 bits per heavy atom. The van der Waals surface area contributed by atoms with Gasteiger partial charge in [0.2, 0.25) is 0 Å². The smallest absolute Gasteiger partial charge is 0.309 e. The molecule has 0 saturated carbocycles. The van der Waals surface area contributed by atoms with Gasteiger partial charge >= 0.3 is 5.97 Å². The van der Waals surface area contributed by atoms with Gasteiger partial charge in [0.15, 0.2) is 0 Å². The lowest BCUT2D eigenvalue weighted by molar-refractivity contribution is -0.139. The van der Waals surface area contributed by atoms with Gasteiger partial charge in [-0.2, -0.15) is 0 Å². The minimum Gasteiger partial charge on any atom is -0.469 e. The second-order valence-corrected chi connectivity index (χ2v) is 5.89. The monoisotopic (exact) mass is 367 g/mol.